The fourth-order valence-corrected chi connectivity index (χ4v) is 2.93. The normalized spacial score (nSPS) is 19.7. The number of hydrogen-bond acceptors (Lipinski definition) is 4. The second-order valence-corrected chi connectivity index (χ2v) is 6.10. The summed E-state index contributed by atoms with van der Waals surface area (Å²) in [5, 5.41) is 14.2. The fourth-order valence-electron chi connectivity index (χ4n) is 2.93. The lowest BCUT2D eigenvalue weighted by Gasteiger charge is -2.31. The van der Waals surface area contributed by atoms with Crippen LogP contribution in [0.25, 0.3) is 16.1 Å². The number of pyridine rings is 1. The maximum absolute atomic E-state index is 10.6. The number of aliphatic hydroxyl groups excluding tert-OH is 1. The first-order valence-electron chi connectivity index (χ1n) is 7.54. The third-order valence-electron chi connectivity index (χ3n) is 4.42. The lowest BCUT2D eigenvalue weighted by atomic mass is 9.93. The Balaban J connectivity index is 1.79. The first-order chi connectivity index (χ1) is 10.8. The monoisotopic (exact) mass is 299 g/mol. The number of fused-ring (bicyclic) bond motifs is 1. The summed E-state index contributed by atoms with van der Waals surface area (Å²) in [6.45, 7) is 1.40. The highest BCUT2D eigenvalue weighted by atomic mass is 16.5. The van der Waals surface area contributed by atoms with E-state index in [1.807, 2.05) is 10.6 Å². The molecule has 0 amide bonds. The molecule has 4 rings (SSSR count). The average Bonchev–Trinajstić information content (AvgIpc) is 3.22. The van der Waals surface area contributed by atoms with Crippen molar-refractivity contribution in [2.24, 2.45) is 11.0 Å². The van der Waals surface area contributed by atoms with Crippen LogP contribution in [-0.4, -0.2) is 27.7 Å². The van der Waals surface area contributed by atoms with Crippen LogP contribution in [-0.2, 0) is 11.3 Å². The Morgan fingerprint density at radius 3 is 2.91 bits per heavy atom. The van der Waals surface area contributed by atoms with E-state index in [-0.39, 0.29) is 12.5 Å². The maximum atomic E-state index is 10.6. The molecule has 1 aliphatic heterocycles. The van der Waals surface area contributed by atoms with Crippen molar-refractivity contribution in [1.82, 2.24) is 9.38 Å². The smallest absolute Gasteiger partial charge is 0.142 e. The summed E-state index contributed by atoms with van der Waals surface area (Å²) in [5.41, 5.74) is 12.0. The number of hydrogen-bond donors (Lipinski definition) is 1. The van der Waals surface area contributed by atoms with Gasteiger partial charge in [0, 0.05) is 28.8 Å². The van der Waals surface area contributed by atoms with Gasteiger partial charge in [-0.3, -0.25) is 0 Å². The van der Waals surface area contributed by atoms with E-state index in [4.69, 9.17) is 10.3 Å². The maximum Gasteiger partial charge on any atom is 0.142 e. The molecule has 1 saturated carbocycles. The van der Waals surface area contributed by atoms with Crippen LogP contribution < -0.4 is 0 Å². The average molecular weight is 299 g/mol. The van der Waals surface area contributed by atoms with Gasteiger partial charge in [0.05, 0.1) is 31.6 Å². The summed E-state index contributed by atoms with van der Waals surface area (Å²) in [4.78, 5) is 7.31. The SMILES string of the molecule is [N-]=[N+]=NCc1cn2cc(C3CC3)cc(C(O)C3COC3)c2n1. The largest absolute Gasteiger partial charge is 0.388 e. The van der Waals surface area contributed by atoms with Crippen LogP contribution in [0, 0.1) is 5.92 Å². The molecule has 0 radical (unpaired) electrons. The Morgan fingerprint density at radius 2 is 2.27 bits per heavy atom. The molecule has 22 heavy (non-hydrogen) atoms. The standard InChI is InChI=1S/C15H17N5O2/c16-19-17-4-12-6-20-5-10(9-1-2-9)3-13(15(20)18-12)14(21)11-7-22-8-11/h3,5-6,9,11,14,21H,1-2,4,7-8H2. The predicted molar refractivity (Wildman–Crippen MR) is 79.3 cm³/mol. The molecule has 0 bridgehead atoms. The number of rotatable bonds is 5. The van der Waals surface area contributed by atoms with Crippen molar-refractivity contribution in [2.75, 3.05) is 13.2 Å². The van der Waals surface area contributed by atoms with Crippen molar-refractivity contribution < 1.29 is 9.84 Å². The number of aliphatic hydroxyl groups is 1. The van der Waals surface area contributed by atoms with Gasteiger partial charge in [0.15, 0.2) is 0 Å². The zero-order chi connectivity index (χ0) is 15.1. The number of ether oxygens (including phenoxy) is 1. The zero-order valence-electron chi connectivity index (χ0n) is 12.1. The van der Waals surface area contributed by atoms with Crippen LogP contribution in [0.3, 0.4) is 0 Å². The van der Waals surface area contributed by atoms with Gasteiger partial charge < -0.3 is 14.2 Å². The van der Waals surface area contributed by atoms with E-state index in [0.29, 0.717) is 24.8 Å². The third kappa shape index (κ3) is 2.33. The van der Waals surface area contributed by atoms with Gasteiger partial charge in [0.25, 0.3) is 0 Å². The molecule has 7 nitrogen and oxygen atoms in total. The van der Waals surface area contributed by atoms with Crippen LogP contribution in [0.2, 0.25) is 0 Å². The third-order valence-corrected chi connectivity index (χ3v) is 4.42. The van der Waals surface area contributed by atoms with Crippen LogP contribution in [0.5, 0.6) is 0 Å². The molecule has 114 valence electrons. The molecule has 2 aliphatic rings. The summed E-state index contributed by atoms with van der Waals surface area (Å²) >= 11 is 0. The molecule has 2 aromatic rings. The Bertz CT molecular complexity index is 757. The number of imidazole rings is 1. The molecule has 1 saturated heterocycles. The Morgan fingerprint density at radius 1 is 1.45 bits per heavy atom. The van der Waals surface area contributed by atoms with Crippen molar-refractivity contribution >= 4 is 5.65 Å². The van der Waals surface area contributed by atoms with E-state index in [2.05, 4.69) is 27.3 Å². The Hall–Kier alpha value is -2.08. The van der Waals surface area contributed by atoms with Crippen LogP contribution in [0.1, 0.15) is 41.7 Å². The highest BCUT2D eigenvalue weighted by molar-refractivity contribution is 5.53. The van der Waals surface area contributed by atoms with Crippen LogP contribution in [0.15, 0.2) is 23.6 Å². The molecule has 0 aromatic carbocycles. The van der Waals surface area contributed by atoms with Gasteiger partial charge in [0.2, 0.25) is 0 Å². The molecule has 2 fully saturated rings. The van der Waals surface area contributed by atoms with E-state index in [1.165, 1.54) is 18.4 Å². The highest BCUT2D eigenvalue weighted by Crippen LogP contribution is 2.42. The lowest BCUT2D eigenvalue weighted by molar-refractivity contribution is -0.0921. The van der Waals surface area contributed by atoms with E-state index in [0.717, 1.165) is 11.2 Å². The second kappa shape index (κ2) is 5.28. The number of aromatic nitrogens is 2. The topological polar surface area (TPSA) is 95.5 Å². The van der Waals surface area contributed by atoms with E-state index in [9.17, 15) is 5.11 Å². The van der Waals surface area contributed by atoms with Crippen molar-refractivity contribution in [3.8, 4) is 0 Å². The van der Waals surface area contributed by atoms with Gasteiger partial charge >= 0.3 is 0 Å². The van der Waals surface area contributed by atoms with Gasteiger partial charge in [-0.15, -0.1) is 0 Å². The summed E-state index contributed by atoms with van der Waals surface area (Å²) < 4.78 is 7.15. The van der Waals surface area contributed by atoms with E-state index >= 15 is 0 Å². The van der Waals surface area contributed by atoms with Crippen molar-refractivity contribution in [2.45, 2.75) is 31.4 Å². The molecular formula is C15H17N5O2. The minimum absolute atomic E-state index is 0.135. The van der Waals surface area contributed by atoms with Crippen LogP contribution >= 0.6 is 0 Å². The van der Waals surface area contributed by atoms with Crippen LogP contribution in [0.4, 0.5) is 0 Å². The number of nitrogens with zero attached hydrogens (tertiary/aromatic N) is 5. The minimum Gasteiger partial charge on any atom is -0.388 e. The number of azide groups is 1. The first-order valence-corrected chi connectivity index (χ1v) is 7.54. The lowest BCUT2D eigenvalue weighted by Crippen LogP contribution is -2.33. The molecule has 0 spiro atoms. The quantitative estimate of drug-likeness (QED) is 0.522. The molecule has 1 N–H and O–H groups in total. The molecule has 1 atom stereocenters. The molecule has 1 unspecified atom stereocenters. The zero-order valence-corrected chi connectivity index (χ0v) is 12.1. The van der Waals surface area contributed by atoms with Gasteiger partial charge in [-0.2, -0.15) is 0 Å². The summed E-state index contributed by atoms with van der Waals surface area (Å²) in [7, 11) is 0. The second-order valence-electron chi connectivity index (χ2n) is 6.10. The van der Waals surface area contributed by atoms with Gasteiger partial charge in [-0.1, -0.05) is 5.11 Å². The molecule has 7 heteroatoms. The van der Waals surface area contributed by atoms with E-state index < -0.39 is 6.10 Å². The fraction of sp³-hybridized carbons (Fsp3) is 0.533. The van der Waals surface area contributed by atoms with E-state index in [1.54, 1.807) is 0 Å². The molecule has 1 aliphatic carbocycles. The first kappa shape index (κ1) is 13.6. The molecule has 2 aromatic heterocycles. The minimum atomic E-state index is -0.565. The molecule has 3 heterocycles. The van der Waals surface area contributed by atoms with Crippen molar-refractivity contribution in [1.29, 1.82) is 0 Å². The Kier molecular flexibility index (Phi) is 3.26. The summed E-state index contributed by atoms with van der Waals surface area (Å²) in [6, 6.07) is 2.08. The Labute approximate surface area is 127 Å². The van der Waals surface area contributed by atoms with Gasteiger partial charge in [-0.25, -0.2) is 4.98 Å². The van der Waals surface area contributed by atoms with Gasteiger partial charge in [0.1, 0.15) is 5.65 Å². The molecular weight excluding hydrogens is 282 g/mol. The van der Waals surface area contributed by atoms with Crippen molar-refractivity contribution in [3.05, 3.63) is 45.7 Å². The van der Waals surface area contributed by atoms with Crippen molar-refractivity contribution in [3.63, 3.8) is 0 Å². The highest BCUT2D eigenvalue weighted by Gasteiger charge is 2.32. The summed E-state index contributed by atoms with van der Waals surface area (Å²) in [6.07, 6.45) is 5.79. The summed E-state index contributed by atoms with van der Waals surface area (Å²) in [5.74, 6) is 0.728. The predicted octanol–water partition coefficient (Wildman–Crippen LogP) is 2.70. The van der Waals surface area contributed by atoms with Gasteiger partial charge in [-0.05, 0) is 35.9 Å².